The van der Waals surface area contributed by atoms with Gasteiger partial charge in [0.2, 0.25) is 10.0 Å². The lowest BCUT2D eigenvalue weighted by atomic mass is 10.0. The van der Waals surface area contributed by atoms with Crippen LogP contribution in [0.1, 0.15) is 35.7 Å². The molecule has 3 rings (SSSR count). The van der Waals surface area contributed by atoms with E-state index in [1.165, 1.54) is 21.3 Å². The number of halogens is 1. The van der Waals surface area contributed by atoms with Crippen LogP contribution in [0.2, 0.25) is 5.02 Å². The quantitative estimate of drug-likeness (QED) is 0.738. The number of rotatable bonds is 4. The Balaban J connectivity index is 1.94. The maximum atomic E-state index is 13.1. The van der Waals surface area contributed by atoms with Crippen LogP contribution in [-0.2, 0) is 10.0 Å². The Bertz CT molecular complexity index is 991. The Morgan fingerprint density at radius 1 is 1.21 bits per heavy atom. The van der Waals surface area contributed by atoms with Gasteiger partial charge in [-0.15, -0.1) is 0 Å². The van der Waals surface area contributed by atoms with Crippen LogP contribution in [0.5, 0.6) is 0 Å². The van der Waals surface area contributed by atoms with Crippen LogP contribution >= 0.6 is 11.6 Å². The number of amides is 1. The molecule has 28 heavy (non-hydrogen) atoms. The molecular formula is C21H25ClN2O3S. The van der Waals surface area contributed by atoms with Gasteiger partial charge in [-0.1, -0.05) is 30.7 Å². The van der Waals surface area contributed by atoms with Crippen LogP contribution in [0.15, 0.2) is 47.4 Å². The first-order valence-electron chi connectivity index (χ1n) is 9.34. The molecule has 1 fully saturated rings. The number of aryl methyl sites for hydroxylation is 1. The van der Waals surface area contributed by atoms with Gasteiger partial charge in [-0.3, -0.25) is 4.79 Å². The van der Waals surface area contributed by atoms with Gasteiger partial charge < -0.3 is 4.90 Å². The minimum absolute atomic E-state index is 0.00763. The fraction of sp³-hybridized carbons (Fsp3) is 0.381. The molecule has 5 nitrogen and oxygen atoms in total. The standard InChI is InChI=1S/C21H25ClN2O3S/c1-15-6-4-8-18(12-15)23(3)21(25)17-9-10-19(22)20(13-17)28(26,27)24-11-5-7-16(2)14-24/h4,6,8-10,12-13,16H,5,7,11,14H2,1-3H3. The Labute approximate surface area is 172 Å². The lowest BCUT2D eigenvalue weighted by Gasteiger charge is -2.30. The minimum Gasteiger partial charge on any atom is -0.311 e. The highest BCUT2D eigenvalue weighted by molar-refractivity contribution is 7.89. The second-order valence-corrected chi connectivity index (χ2v) is 9.77. The molecule has 0 N–H and O–H groups in total. The Morgan fingerprint density at radius 2 is 1.96 bits per heavy atom. The Morgan fingerprint density at radius 3 is 2.64 bits per heavy atom. The van der Waals surface area contributed by atoms with Gasteiger partial charge in [0.25, 0.3) is 5.91 Å². The van der Waals surface area contributed by atoms with E-state index in [-0.39, 0.29) is 21.4 Å². The summed E-state index contributed by atoms with van der Waals surface area (Å²) >= 11 is 6.23. The van der Waals surface area contributed by atoms with E-state index in [2.05, 4.69) is 0 Å². The monoisotopic (exact) mass is 420 g/mol. The van der Waals surface area contributed by atoms with E-state index in [1.54, 1.807) is 13.1 Å². The van der Waals surface area contributed by atoms with Crippen LogP contribution in [0.3, 0.4) is 0 Å². The van der Waals surface area contributed by atoms with Crippen molar-refractivity contribution in [3.05, 3.63) is 58.6 Å². The molecule has 0 radical (unpaired) electrons. The van der Waals surface area contributed by atoms with E-state index in [9.17, 15) is 13.2 Å². The third kappa shape index (κ3) is 4.24. The predicted octanol–water partition coefficient (Wildman–Crippen LogP) is 4.35. The topological polar surface area (TPSA) is 57.7 Å². The van der Waals surface area contributed by atoms with E-state index < -0.39 is 10.0 Å². The number of hydrogen-bond acceptors (Lipinski definition) is 3. The number of carbonyl (C=O) groups is 1. The molecule has 0 bridgehead atoms. The average molecular weight is 421 g/mol. The number of carbonyl (C=O) groups excluding carboxylic acids is 1. The van der Waals surface area contributed by atoms with Gasteiger partial charge in [0, 0.05) is 31.4 Å². The summed E-state index contributed by atoms with van der Waals surface area (Å²) < 4.78 is 27.7. The number of anilines is 1. The van der Waals surface area contributed by atoms with Gasteiger partial charge in [0.05, 0.1) is 5.02 Å². The molecular weight excluding hydrogens is 396 g/mol. The highest BCUT2D eigenvalue weighted by Crippen LogP contribution is 2.30. The van der Waals surface area contributed by atoms with Crippen molar-refractivity contribution in [3.8, 4) is 0 Å². The molecule has 0 aromatic heterocycles. The van der Waals surface area contributed by atoms with Crippen molar-refractivity contribution in [2.75, 3.05) is 25.0 Å². The normalized spacial score (nSPS) is 18.1. The molecule has 1 saturated heterocycles. The molecule has 1 heterocycles. The number of piperidine rings is 1. The first-order chi connectivity index (χ1) is 13.2. The maximum absolute atomic E-state index is 13.1. The first kappa shape index (κ1) is 20.8. The zero-order chi connectivity index (χ0) is 20.5. The molecule has 0 saturated carbocycles. The molecule has 0 aliphatic carbocycles. The molecule has 1 atom stereocenters. The van der Waals surface area contributed by atoms with Crippen molar-refractivity contribution in [3.63, 3.8) is 0 Å². The summed E-state index contributed by atoms with van der Waals surface area (Å²) in [6.07, 6.45) is 1.84. The van der Waals surface area contributed by atoms with E-state index in [0.717, 1.165) is 24.1 Å². The first-order valence-corrected chi connectivity index (χ1v) is 11.2. The van der Waals surface area contributed by atoms with E-state index in [4.69, 9.17) is 11.6 Å². The molecule has 1 aliphatic heterocycles. The van der Waals surface area contributed by atoms with E-state index >= 15 is 0 Å². The molecule has 1 aliphatic rings. The zero-order valence-electron chi connectivity index (χ0n) is 16.4. The lowest BCUT2D eigenvalue weighted by Crippen LogP contribution is -2.39. The molecule has 1 amide bonds. The van der Waals surface area contributed by atoms with E-state index in [0.29, 0.717) is 19.0 Å². The third-order valence-corrected chi connectivity index (χ3v) is 7.46. The fourth-order valence-corrected chi connectivity index (χ4v) is 5.58. The highest BCUT2D eigenvalue weighted by atomic mass is 35.5. The zero-order valence-corrected chi connectivity index (χ0v) is 17.9. The molecule has 7 heteroatoms. The van der Waals surface area contributed by atoms with Crippen LogP contribution in [0.4, 0.5) is 5.69 Å². The van der Waals surface area contributed by atoms with Crippen molar-refractivity contribution >= 4 is 33.2 Å². The second-order valence-electron chi connectivity index (χ2n) is 7.46. The van der Waals surface area contributed by atoms with Crippen molar-refractivity contribution in [1.29, 1.82) is 0 Å². The van der Waals surface area contributed by atoms with Gasteiger partial charge >= 0.3 is 0 Å². The smallest absolute Gasteiger partial charge is 0.258 e. The van der Waals surface area contributed by atoms with Crippen molar-refractivity contribution < 1.29 is 13.2 Å². The average Bonchev–Trinajstić information content (AvgIpc) is 2.67. The SMILES string of the molecule is Cc1cccc(N(C)C(=O)c2ccc(Cl)c(S(=O)(=O)N3CCCC(C)C3)c2)c1. The van der Waals surface area contributed by atoms with Crippen LogP contribution in [0, 0.1) is 12.8 Å². The minimum atomic E-state index is -3.75. The lowest BCUT2D eigenvalue weighted by molar-refractivity contribution is 0.0993. The summed E-state index contributed by atoms with van der Waals surface area (Å²) in [6, 6.07) is 12.0. The number of hydrogen-bond donors (Lipinski definition) is 0. The number of sulfonamides is 1. The molecule has 150 valence electrons. The summed E-state index contributed by atoms with van der Waals surface area (Å²) in [4.78, 5) is 14.5. The Hall–Kier alpha value is -1.89. The molecule has 2 aromatic rings. The Kier molecular flexibility index (Phi) is 6.12. The number of benzene rings is 2. The van der Waals surface area contributed by atoms with Crippen molar-refractivity contribution in [2.45, 2.75) is 31.6 Å². The van der Waals surface area contributed by atoms with Crippen molar-refractivity contribution in [2.24, 2.45) is 5.92 Å². The fourth-order valence-electron chi connectivity index (χ4n) is 3.49. The summed E-state index contributed by atoms with van der Waals surface area (Å²) in [5.41, 5.74) is 2.07. The maximum Gasteiger partial charge on any atom is 0.258 e. The van der Waals surface area contributed by atoms with Crippen LogP contribution < -0.4 is 4.90 Å². The van der Waals surface area contributed by atoms with Crippen LogP contribution in [-0.4, -0.2) is 38.8 Å². The van der Waals surface area contributed by atoms with Gasteiger partial charge in [-0.25, -0.2) is 8.42 Å². The summed E-state index contributed by atoms with van der Waals surface area (Å²) in [7, 11) is -2.08. The van der Waals surface area contributed by atoms with Crippen LogP contribution in [0.25, 0.3) is 0 Å². The molecule has 0 spiro atoms. The largest absolute Gasteiger partial charge is 0.311 e. The highest BCUT2D eigenvalue weighted by Gasteiger charge is 2.31. The van der Waals surface area contributed by atoms with E-state index in [1.807, 2.05) is 38.1 Å². The van der Waals surface area contributed by atoms with Gasteiger partial charge in [-0.05, 0) is 61.6 Å². The van der Waals surface area contributed by atoms with Crippen molar-refractivity contribution in [1.82, 2.24) is 4.31 Å². The van der Waals surface area contributed by atoms with Gasteiger partial charge in [0.1, 0.15) is 4.90 Å². The number of nitrogens with zero attached hydrogens (tertiary/aromatic N) is 2. The summed E-state index contributed by atoms with van der Waals surface area (Å²) in [5, 5.41) is 0.132. The molecule has 2 aromatic carbocycles. The van der Waals surface area contributed by atoms with Gasteiger partial charge in [-0.2, -0.15) is 4.31 Å². The second kappa shape index (κ2) is 8.23. The van der Waals surface area contributed by atoms with Gasteiger partial charge in [0.15, 0.2) is 0 Å². The third-order valence-electron chi connectivity index (χ3n) is 5.11. The molecule has 1 unspecified atom stereocenters. The summed E-state index contributed by atoms with van der Waals surface area (Å²) in [6.45, 7) is 4.94. The summed E-state index contributed by atoms with van der Waals surface area (Å²) in [5.74, 6) is 0.0188. The predicted molar refractivity (Wildman–Crippen MR) is 113 cm³/mol.